The molecule has 8 nitrogen and oxygen atoms in total. The van der Waals surface area contributed by atoms with Crippen molar-refractivity contribution in [1.29, 1.82) is 0 Å². The Morgan fingerprint density at radius 3 is 2.75 bits per heavy atom. The van der Waals surface area contributed by atoms with Crippen molar-refractivity contribution < 1.29 is 4.79 Å². The maximum absolute atomic E-state index is 13.5. The zero-order chi connectivity index (χ0) is 26.4. The van der Waals surface area contributed by atoms with Crippen LogP contribution < -0.4 is 16.6 Å². The highest BCUT2D eigenvalue weighted by Crippen LogP contribution is 2.29. The van der Waals surface area contributed by atoms with Gasteiger partial charge in [-0.05, 0) is 37.1 Å². The number of allylic oxidation sites excluding steroid dienone is 4. The van der Waals surface area contributed by atoms with Crippen LogP contribution >= 0.6 is 23.4 Å². The van der Waals surface area contributed by atoms with Crippen molar-refractivity contribution in [2.24, 2.45) is 0 Å². The number of nitrogen functional groups attached to an aromatic ring is 1. The third kappa shape index (κ3) is 5.80. The van der Waals surface area contributed by atoms with Gasteiger partial charge in [-0.1, -0.05) is 66.4 Å². The Hall–Kier alpha value is -3.56. The lowest BCUT2D eigenvalue weighted by Crippen LogP contribution is -2.27. The van der Waals surface area contributed by atoms with Gasteiger partial charge in [0, 0.05) is 26.0 Å². The molecule has 1 aromatic carbocycles. The molecule has 3 N–H and O–H groups in total. The first-order valence-corrected chi connectivity index (χ1v) is 12.8. The molecule has 1 atom stereocenters. The minimum absolute atomic E-state index is 0.0827. The molecular weight excluding hydrogens is 496 g/mol. The number of anilines is 2. The third-order valence-corrected chi connectivity index (χ3v) is 6.24. The summed E-state index contributed by atoms with van der Waals surface area (Å²) in [5, 5.41) is 5.24. The standard InChI is InChI=1S/C26H29ClN6O2S/c1-6-7-8-9-10-14-33-19(15-17-12-11-13-18(27)20(17)25(33)35)16(2)29-23-21(24(34)32(3)4)22(28)30-26(31-23)36-5/h6-8,10-16H,1,9H2,2-5H3,(H3,28,29,30,31)/b8-7-,14-10-/t16-/m0/s1. The number of pyridine rings is 1. The average Bonchev–Trinajstić information content (AvgIpc) is 2.84. The van der Waals surface area contributed by atoms with E-state index in [-0.39, 0.29) is 22.8 Å². The molecule has 0 unspecified atom stereocenters. The van der Waals surface area contributed by atoms with E-state index in [9.17, 15) is 9.59 Å². The highest BCUT2D eigenvalue weighted by molar-refractivity contribution is 7.98. The highest BCUT2D eigenvalue weighted by Gasteiger charge is 2.24. The van der Waals surface area contributed by atoms with Crippen LogP contribution in [0, 0.1) is 0 Å². The molecule has 0 spiro atoms. The first-order valence-electron chi connectivity index (χ1n) is 11.2. The van der Waals surface area contributed by atoms with Gasteiger partial charge < -0.3 is 16.0 Å². The summed E-state index contributed by atoms with van der Waals surface area (Å²) in [5.41, 5.74) is 6.74. The monoisotopic (exact) mass is 524 g/mol. The molecule has 0 radical (unpaired) electrons. The number of halogens is 1. The van der Waals surface area contributed by atoms with Crippen LogP contribution in [0.15, 0.2) is 65.1 Å². The van der Waals surface area contributed by atoms with Gasteiger partial charge >= 0.3 is 0 Å². The Morgan fingerprint density at radius 1 is 1.33 bits per heavy atom. The molecule has 188 valence electrons. The predicted molar refractivity (Wildman–Crippen MR) is 151 cm³/mol. The van der Waals surface area contributed by atoms with Crippen molar-refractivity contribution in [2.45, 2.75) is 24.5 Å². The topological polar surface area (TPSA) is 106 Å². The van der Waals surface area contributed by atoms with Gasteiger partial charge in [0.25, 0.3) is 11.5 Å². The quantitative estimate of drug-likeness (QED) is 0.224. The maximum atomic E-state index is 13.5. The molecule has 10 heteroatoms. The minimum atomic E-state index is -0.438. The number of hydrogen-bond donors (Lipinski definition) is 2. The van der Waals surface area contributed by atoms with Crippen molar-refractivity contribution in [3.63, 3.8) is 0 Å². The minimum Gasteiger partial charge on any atom is -0.383 e. The molecule has 1 amide bonds. The number of benzene rings is 1. The number of rotatable bonds is 9. The number of thioether (sulfide) groups is 1. The largest absolute Gasteiger partial charge is 0.383 e. The summed E-state index contributed by atoms with van der Waals surface area (Å²) >= 11 is 7.70. The molecule has 0 fully saturated rings. The van der Waals surface area contributed by atoms with E-state index in [2.05, 4.69) is 21.9 Å². The number of hydrogen-bond acceptors (Lipinski definition) is 7. The van der Waals surface area contributed by atoms with E-state index in [1.54, 1.807) is 43.1 Å². The Morgan fingerprint density at radius 2 is 2.08 bits per heavy atom. The molecule has 0 aliphatic rings. The van der Waals surface area contributed by atoms with Crippen LogP contribution in [0.3, 0.4) is 0 Å². The average molecular weight is 525 g/mol. The molecule has 2 heterocycles. The van der Waals surface area contributed by atoms with Gasteiger partial charge in [0.2, 0.25) is 0 Å². The molecule has 0 saturated carbocycles. The number of amides is 1. The van der Waals surface area contributed by atoms with Crippen molar-refractivity contribution >= 4 is 57.9 Å². The van der Waals surface area contributed by atoms with Gasteiger partial charge in [0.05, 0.1) is 16.5 Å². The van der Waals surface area contributed by atoms with Crippen LogP contribution in [0.5, 0.6) is 0 Å². The zero-order valence-corrected chi connectivity index (χ0v) is 22.2. The lowest BCUT2D eigenvalue weighted by atomic mass is 10.1. The van der Waals surface area contributed by atoms with Gasteiger partial charge in [0.15, 0.2) is 5.16 Å². The molecule has 0 bridgehead atoms. The number of aromatic nitrogens is 3. The molecular formula is C26H29ClN6O2S. The Kier molecular flexibility index (Phi) is 8.95. The van der Waals surface area contributed by atoms with Crippen LogP contribution in [-0.2, 0) is 0 Å². The normalized spacial score (nSPS) is 12.4. The Balaban J connectivity index is 2.16. The van der Waals surface area contributed by atoms with Crippen LogP contribution in [0.1, 0.15) is 35.4 Å². The lowest BCUT2D eigenvalue weighted by molar-refractivity contribution is 0.0828. The summed E-state index contributed by atoms with van der Waals surface area (Å²) in [4.78, 5) is 36.6. The van der Waals surface area contributed by atoms with E-state index in [4.69, 9.17) is 17.3 Å². The summed E-state index contributed by atoms with van der Waals surface area (Å²) in [5.74, 6) is 0.0481. The fourth-order valence-corrected chi connectivity index (χ4v) is 4.26. The summed E-state index contributed by atoms with van der Waals surface area (Å²) in [6.45, 7) is 5.55. The Labute approximate surface area is 219 Å². The number of nitrogens with one attached hydrogen (secondary N) is 1. The van der Waals surface area contributed by atoms with Crippen LogP contribution in [-0.4, -0.2) is 45.7 Å². The molecule has 0 saturated heterocycles. The van der Waals surface area contributed by atoms with E-state index in [0.29, 0.717) is 38.9 Å². The van der Waals surface area contributed by atoms with E-state index in [0.717, 1.165) is 0 Å². The van der Waals surface area contributed by atoms with Crippen molar-refractivity contribution in [1.82, 2.24) is 19.4 Å². The van der Waals surface area contributed by atoms with E-state index >= 15 is 0 Å². The summed E-state index contributed by atoms with van der Waals surface area (Å²) in [6, 6.07) is 6.80. The summed E-state index contributed by atoms with van der Waals surface area (Å²) in [7, 11) is 3.27. The molecule has 3 aromatic rings. The first kappa shape index (κ1) is 27.0. The fraction of sp³-hybridized carbons (Fsp3) is 0.231. The van der Waals surface area contributed by atoms with Crippen LogP contribution in [0.25, 0.3) is 17.0 Å². The third-order valence-electron chi connectivity index (χ3n) is 5.37. The van der Waals surface area contributed by atoms with Gasteiger partial charge in [-0.3, -0.25) is 14.2 Å². The molecule has 3 rings (SSSR count). The number of fused-ring (bicyclic) bond motifs is 1. The van der Waals surface area contributed by atoms with E-state index in [1.807, 2.05) is 43.5 Å². The molecule has 0 aliphatic heterocycles. The fourth-order valence-electron chi connectivity index (χ4n) is 3.63. The summed E-state index contributed by atoms with van der Waals surface area (Å²) in [6.07, 6.45) is 11.5. The smallest absolute Gasteiger partial charge is 0.264 e. The van der Waals surface area contributed by atoms with Gasteiger partial charge in [-0.25, -0.2) is 9.97 Å². The van der Waals surface area contributed by atoms with Crippen LogP contribution in [0.4, 0.5) is 11.6 Å². The molecule has 36 heavy (non-hydrogen) atoms. The van der Waals surface area contributed by atoms with E-state index in [1.165, 1.54) is 16.7 Å². The van der Waals surface area contributed by atoms with Gasteiger partial charge in [0.1, 0.15) is 17.2 Å². The van der Waals surface area contributed by atoms with E-state index < -0.39 is 6.04 Å². The zero-order valence-electron chi connectivity index (χ0n) is 20.7. The van der Waals surface area contributed by atoms with Crippen molar-refractivity contribution in [3.05, 3.63) is 81.8 Å². The van der Waals surface area contributed by atoms with Gasteiger partial charge in [-0.15, -0.1) is 0 Å². The molecule has 2 aromatic heterocycles. The number of nitrogens with zero attached hydrogens (tertiary/aromatic N) is 4. The second kappa shape index (κ2) is 11.9. The SMILES string of the molecule is C=C/C=C\C/C=C\n1c([C@H](C)Nc2nc(SC)nc(N)c2C(=O)N(C)C)cc2cccc(Cl)c2c1=O. The highest BCUT2D eigenvalue weighted by atomic mass is 35.5. The second-order valence-electron chi connectivity index (χ2n) is 8.12. The maximum Gasteiger partial charge on any atom is 0.264 e. The van der Waals surface area contributed by atoms with Gasteiger partial charge in [-0.2, -0.15) is 0 Å². The number of nitrogens with two attached hydrogens (primary N) is 1. The number of carbonyl (C=O) groups is 1. The predicted octanol–water partition coefficient (Wildman–Crippen LogP) is 5.23. The Bertz CT molecular complexity index is 1410. The molecule has 0 aliphatic carbocycles. The lowest BCUT2D eigenvalue weighted by Gasteiger charge is -2.22. The van der Waals surface area contributed by atoms with Crippen LogP contribution in [0.2, 0.25) is 5.02 Å². The summed E-state index contributed by atoms with van der Waals surface area (Å²) < 4.78 is 1.56. The van der Waals surface area contributed by atoms with Crippen molar-refractivity contribution in [3.8, 4) is 0 Å². The van der Waals surface area contributed by atoms with Crippen molar-refractivity contribution in [2.75, 3.05) is 31.4 Å². The first-order chi connectivity index (χ1) is 17.2. The second-order valence-corrected chi connectivity index (χ2v) is 9.30. The number of carbonyl (C=O) groups excluding carboxylic acids is 1.